The van der Waals surface area contributed by atoms with E-state index in [1.807, 2.05) is 0 Å². The molecule has 0 unspecified atom stereocenters. The maximum Gasteiger partial charge on any atom is 0.273 e. The molecule has 1 aliphatic rings. The Morgan fingerprint density at radius 1 is 1.25 bits per heavy atom. The molecule has 3 rings (SSSR count). The van der Waals surface area contributed by atoms with Crippen molar-refractivity contribution in [1.82, 2.24) is 10.5 Å². The summed E-state index contributed by atoms with van der Waals surface area (Å²) in [6.45, 7) is 0.881. The summed E-state index contributed by atoms with van der Waals surface area (Å²) in [5, 5.41) is 6.49. The summed E-state index contributed by atoms with van der Waals surface area (Å²) in [5.41, 5.74) is 5.83. The first-order valence-electron chi connectivity index (χ1n) is 7.49. The van der Waals surface area contributed by atoms with Gasteiger partial charge in [-0.3, -0.25) is 9.59 Å². The van der Waals surface area contributed by atoms with Gasteiger partial charge in [0.15, 0.2) is 5.69 Å². The highest BCUT2D eigenvalue weighted by molar-refractivity contribution is 5.93. The second kappa shape index (κ2) is 7.14. The number of aromatic nitrogens is 1. The van der Waals surface area contributed by atoms with Crippen LogP contribution in [0.2, 0.25) is 0 Å². The Bertz CT molecular complexity index is 699. The van der Waals surface area contributed by atoms with E-state index in [-0.39, 0.29) is 23.7 Å². The summed E-state index contributed by atoms with van der Waals surface area (Å²) in [4.78, 5) is 23.2. The van der Waals surface area contributed by atoms with Crippen LogP contribution in [-0.2, 0) is 4.74 Å². The molecule has 2 heterocycles. The minimum absolute atomic E-state index is 0.214. The van der Waals surface area contributed by atoms with Crippen molar-refractivity contribution in [3.63, 3.8) is 0 Å². The van der Waals surface area contributed by atoms with E-state index in [0.29, 0.717) is 30.9 Å². The number of benzene rings is 1. The Morgan fingerprint density at radius 2 is 2.04 bits per heavy atom. The molecule has 1 aromatic carbocycles. The molecule has 1 aliphatic heterocycles. The third-order valence-corrected chi connectivity index (χ3v) is 3.72. The molecule has 2 aromatic rings. The Hall–Kier alpha value is -2.87. The summed E-state index contributed by atoms with van der Waals surface area (Å²) in [7, 11) is 0. The van der Waals surface area contributed by atoms with Gasteiger partial charge in [-0.15, -0.1) is 0 Å². The lowest BCUT2D eigenvalue weighted by Crippen LogP contribution is -2.51. The van der Waals surface area contributed by atoms with Crippen molar-refractivity contribution < 1.29 is 23.6 Å². The molecule has 2 atom stereocenters. The monoisotopic (exact) mass is 331 g/mol. The van der Waals surface area contributed by atoms with E-state index in [1.54, 1.807) is 24.3 Å². The lowest BCUT2D eigenvalue weighted by Gasteiger charge is -2.32. The summed E-state index contributed by atoms with van der Waals surface area (Å²) in [5.74, 6) is -0.259. The molecule has 8 heteroatoms. The first kappa shape index (κ1) is 16.0. The lowest BCUT2D eigenvalue weighted by atomic mass is 10.1. The van der Waals surface area contributed by atoms with Crippen molar-refractivity contribution in [2.24, 2.45) is 5.73 Å². The first-order valence-corrected chi connectivity index (χ1v) is 7.49. The molecule has 126 valence electrons. The molecule has 1 fully saturated rings. The minimum atomic E-state index is -0.500. The van der Waals surface area contributed by atoms with Crippen LogP contribution in [0.1, 0.15) is 27.3 Å². The van der Waals surface area contributed by atoms with Gasteiger partial charge in [0.25, 0.3) is 5.91 Å². The fourth-order valence-corrected chi connectivity index (χ4v) is 2.44. The molecule has 0 radical (unpaired) electrons. The maximum absolute atomic E-state index is 12.1. The molecule has 0 bridgehead atoms. The molecule has 1 aromatic heterocycles. The van der Waals surface area contributed by atoms with Crippen LogP contribution in [0.3, 0.4) is 0 Å². The zero-order valence-corrected chi connectivity index (χ0v) is 12.8. The fourth-order valence-electron chi connectivity index (χ4n) is 2.44. The van der Waals surface area contributed by atoms with Crippen LogP contribution in [0.15, 0.2) is 41.1 Å². The average molecular weight is 331 g/mol. The molecule has 2 amide bonds. The van der Waals surface area contributed by atoms with Crippen molar-refractivity contribution in [3.8, 4) is 5.75 Å². The van der Waals surface area contributed by atoms with Gasteiger partial charge < -0.3 is 25.0 Å². The Balaban J connectivity index is 1.65. The quantitative estimate of drug-likeness (QED) is 0.834. The van der Waals surface area contributed by atoms with Gasteiger partial charge in [0.2, 0.25) is 5.91 Å². The van der Waals surface area contributed by atoms with Crippen molar-refractivity contribution >= 4 is 11.8 Å². The van der Waals surface area contributed by atoms with Crippen LogP contribution in [0.4, 0.5) is 0 Å². The van der Waals surface area contributed by atoms with Crippen LogP contribution in [-0.4, -0.2) is 42.3 Å². The zero-order valence-electron chi connectivity index (χ0n) is 12.8. The van der Waals surface area contributed by atoms with Gasteiger partial charge in [0, 0.05) is 18.2 Å². The number of amides is 2. The molecule has 3 N–H and O–H groups in total. The number of hydrogen-bond acceptors (Lipinski definition) is 6. The number of carbonyl (C=O) groups is 2. The van der Waals surface area contributed by atoms with Gasteiger partial charge in [0.1, 0.15) is 18.1 Å². The van der Waals surface area contributed by atoms with Gasteiger partial charge in [-0.05, 0) is 30.7 Å². The summed E-state index contributed by atoms with van der Waals surface area (Å²) >= 11 is 0. The summed E-state index contributed by atoms with van der Waals surface area (Å²) in [6.07, 6.45) is 1.61. The van der Waals surface area contributed by atoms with Gasteiger partial charge in [-0.2, -0.15) is 0 Å². The molecule has 0 aliphatic carbocycles. The highest BCUT2D eigenvalue weighted by Crippen LogP contribution is 2.19. The predicted molar refractivity (Wildman–Crippen MR) is 82.6 cm³/mol. The van der Waals surface area contributed by atoms with Crippen molar-refractivity contribution in [3.05, 3.63) is 47.9 Å². The number of primary amides is 1. The smallest absolute Gasteiger partial charge is 0.273 e. The minimum Gasteiger partial charge on any atom is -0.486 e. The highest BCUT2D eigenvalue weighted by atomic mass is 16.5. The van der Waals surface area contributed by atoms with Gasteiger partial charge >= 0.3 is 0 Å². The standard InChI is InChI=1S/C16H17N3O5/c17-15(20)10-1-3-11(4-2-10)24-14-9-22-7-5-12(14)18-16(21)13-6-8-23-19-13/h1-4,6,8,12,14H,5,7,9H2,(H2,17,20)(H,18,21)/t12-,14-/m1/s1. The second-order valence-electron chi connectivity index (χ2n) is 5.37. The van der Waals surface area contributed by atoms with Gasteiger partial charge in [-0.1, -0.05) is 5.16 Å². The SMILES string of the molecule is NC(=O)c1ccc(O[C@@H]2COCC[C@H]2NC(=O)c2ccon2)cc1. The number of nitrogens with one attached hydrogen (secondary N) is 1. The van der Waals surface area contributed by atoms with E-state index in [0.717, 1.165) is 0 Å². The number of nitrogens with zero attached hydrogens (tertiary/aromatic N) is 1. The van der Waals surface area contributed by atoms with Crippen molar-refractivity contribution in [2.75, 3.05) is 13.2 Å². The largest absolute Gasteiger partial charge is 0.486 e. The molecule has 8 nitrogen and oxygen atoms in total. The first-order chi connectivity index (χ1) is 11.6. The van der Waals surface area contributed by atoms with Crippen LogP contribution in [0.25, 0.3) is 0 Å². The van der Waals surface area contributed by atoms with E-state index in [9.17, 15) is 9.59 Å². The molecular formula is C16H17N3O5. The van der Waals surface area contributed by atoms with Crippen LogP contribution >= 0.6 is 0 Å². The van der Waals surface area contributed by atoms with Gasteiger partial charge in [0.05, 0.1) is 12.6 Å². The van der Waals surface area contributed by atoms with E-state index >= 15 is 0 Å². The third kappa shape index (κ3) is 3.72. The van der Waals surface area contributed by atoms with E-state index in [1.165, 1.54) is 12.3 Å². The number of hydrogen-bond donors (Lipinski definition) is 2. The summed E-state index contributed by atoms with van der Waals surface area (Å²) in [6, 6.07) is 7.76. The number of ether oxygens (including phenoxy) is 2. The predicted octanol–water partition coefficient (Wildman–Crippen LogP) is 0.740. The number of nitrogens with two attached hydrogens (primary N) is 1. The molecule has 24 heavy (non-hydrogen) atoms. The molecule has 0 saturated carbocycles. The second-order valence-corrected chi connectivity index (χ2v) is 5.37. The topological polar surface area (TPSA) is 117 Å². The van der Waals surface area contributed by atoms with Crippen LogP contribution in [0, 0.1) is 0 Å². The normalized spacial score (nSPS) is 20.3. The highest BCUT2D eigenvalue weighted by Gasteiger charge is 2.29. The maximum atomic E-state index is 12.1. The van der Waals surface area contributed by atoms with Gasteiger partial charge in [-0.25, -0.2) is 0 Å². The third-order valence-electron chi connectivity index (χ3n) is 3.72. The zero-order chi connectivity index (χ0) is 16.9. The summed E-state index contributed by atoms with van der Waals surface area (Å²) < 4.78 is 16.0. The van der Waals surface area contributed by atoms with E-state index in [4.69, 9.17) is 15.2 Å². The Morgan fingerprint density at radius 3 is 2.71 bits per heavy atom. The number of carbonyl (C=O) groups excluding carboxylic acids is 2. The Kier molecular flexibility index (Phi) is 4.76. The van der Waals surface area contributed by atoms with Crippen molar-refractivity contribution in [2.45, 2.75) is 18.6 Å². The number of rotatable bonds is 5. The molecule has 0 spiro atoms. The molecular weight excluding hydrogens is 314 g/mol. The lowest BCUT2D eigenvalue weighted by molar-refractivity contribution is -0.0135. The van der Waals surface area contributed by atoms with Crippen molar-refractivity contribution in [1.29, 1.82) is 0 Å². The van der Waals surface area contributed by atoms with Crippen LogP contribution in [0.5, 0.6) is 5.75 Å². The Labute approximate surface area is 137 Å². The van der Waals surface area contributed by atoms with E-state index in [2.05, 4.69) is 15.0 Å². The van der Waals surface area contributed by atoms with E-state index < -0.39 is 5.91 Å². The fraction of sp³-hybridized carbons (Fsp3) is 0.312. The van der Waals surface area contributed by atoms with Crippen LogP contribution < -0.4 is 15.8 Å². The average Bonchev–Trinajstić information content (AvgIpc) is 3.12. The molecule has 1 saturated heterocycles.